The van der Waals surface area contributed by atoms with Gasteiger partial charge in [0.05, 0.1) is 0 Å². The summed E-state index contributed by atoms with van der Waals surface area (Å²) < 4.78 is 13.3. The Hall–Kier alpha value is -1.09. The first-order valence-electron chi connectivity index (χ1n) is 4.24. The van der Waals surface area contributed by atoms with Gasteiger partial charge in [0.1, 0.15) is 11.6 Å². The van der Waals surface area contributed by atoms with Crippen LogP contribution in [0.25, 0.3) is 0 Å². The summed E-state index contributed by atoms with van der Waals surface area (Å²) in [6.45, 7) is 1.66. The molecule has 2 nitrogen and oxygen atoms in total. The first-order valence-corrected chi connectivity index (χ1v) is 4.24. The van der Waals surface area contributed by atoms with Crippen molar-refractivity contribution < 1.29 is 14.6 Å². The van der Waals surface area contributed by atoms with Gasteiger partial charge in [0, 0.05) is 12.2 Å². The summed E-state index contributed by atoms with van der Waals surface area (Å²) >= 11 is 0. The average Bonchev–Trinajstić information content (AvgIpc) is 2.12. The standard InChI is InChI=1S/C10H13FO2/c1-7-4-5-9(13)8(10(7)11)3-2-6-12/h4-5,12-13H,2-3,6H2,1H3. The van der Waals surface area contributed by atoms with E-state index in [1.165, 1.54) is 12.1 Å². The van der Waals surface area contributed by atoms with Crippen molar-refractivity contribution in [2.24, 2.45) is 0 Å². The predicted molar refractivity (Wildman–Crippen MR) is 48.2 cm³/mol. The van der Waals surface area contributed by atoms with Crippen molar-refractivity contribution in [1.82, 2.24) is 0 Å². The van der Waals surface area contributed by atoms with Crippen LogP contribution in [0.2, 0.25) is 0 Å². The van der Waals surface area contributed by atoms with Crippen LogP contribution in [0.5, 0.6) is 5.75 Å². The van der Waals surface area contributed by atoms with E-state index in [2.05, 4.69) is 0 Å². The number of phenols is 1. The summed E-state index contributed by atoms with van der Waals surface area (Å²) in [5.74, 6) is -0.398. The van der Waals surface area contributed by atoms with Crippen LogP contribution in [-0.2, 0) is 6.42 Å². The molecule has 0 aromatic heterocycles. The van der Waals surface area contributed by atoms with Crippen molar-refractivity contribution in [2.45, 2.75) is 19.8 Å². The second-order valence-corrected chi connectivity index (χ2v) is 3.02. The molecular weight excluding hydrogens is 171 g/mol. The van der Waals surface area contributed by atoms with Crippen LogP contribution in [0.4, 0.5) is 4.39 Å². The van der Waals surface area contributed by atoms with Crippen molar-refractivity contribution >= 4 is 0 Å². The largest absolute Gasteiger partial charge is 0.508 e. The molecular formula is C10H13FO2. The first kappa shape index (κ1) is 9.99. The molecule has 0 bridgehead atoms. The third kappa shape index (κ3) is 2.18. The molecule has 0 fully saturated rings. The lowest BCUT2D eigenvalue weighted by Crippen LogP contribution is -1.96. The molecule has 3 heteroatoms. The zero-order valence-corrected chi connectivity index (χ0v) is 7.55. The van der Waals surface area contributed by atoms with Crippen molar-refractivity contribution in [1.29, 1.82) is 0 Å². The minimum atomic E-state index is -0.367. The zero-order valence-electron chi connectivity index (χ0n) is 7.55. The Morgan fingerprint density at radius 1 is 1.38 bits per heavy atom. The Labute approximate surface area is 76.6 Å². The molecule has 0 aliphatic carbocycles. The topological polar surface area (TPSA) is 40.5 Å². The molecule has 0 saturated carbocycles. The van der Waals surface area contributed by atoms with Gasteiger partial charge in [-0.2, -0.15) is 0 Å². The predicted octanol–water partition coefficient (Wildman–Crippen LogP) is 1.76. The molecule has 72 valence electrons. The van der Waals surface area contributed by atoms with E-state index in [1.54, 1.807) is 6.92 Å². The van der Waals surface area contributed by atoms with E-state index < -0.39 is 0 Å². The number of hydrogen-bond acceptors (Lipinski definition) is 2. The lowest BCUT2D eigenvalue weighted by molar-refractivity contribution is 0.287. The molecule has 0 heterocycles. The second-order valence-electron chi connectivity index (χ2n) is 3.02. The third-order valence-corrected chi connectivity index (χ3v) is 2.00. The zero-order chi connectivity index (χ0) is 9.84. The Morgan fingerprint density at radius 2 is 2.08 bits per heavy atom. The number of halogens is 1. The summed E-state index contributed by atoms with van der Waals surface area (Å²) in [5.41, 5.74) is 0.819. The molecule has 13 heavy (non-hydrogen) atoms. The highest BCUT2D eigenvalue weighted by atomic mass is 19.1. The summed E-state index contributed by atoms with van der Waals surface area (Å²) in [7, 11) is 0. The monoisotopic (exact) mass is 184 g/mol. The van der Waals surface area contributed by atoms with Gasteiger partial charge in [-0.3, -0.25) is 0 Å². The second kappa shape index (κ2) is 4.23. The normalized spacial score (nSPS) is 10.4. The van der Waals surface area contributed by atoms with E-state index in [4.69, 9.17) is 5.11 Å². The number of hydrogen-bond donors (Lipinski definition) is 2. The van der Waals surface area contributed by atoms with Gasteiger partial charge in [0.2, 0.25) is 0 Å². The molecule has 0 aliphatic rings. The van der Waals surface area contributed by atoms with Crippen LogP contribution in [0, 0.1) is 12.7 Å². The Morgan fingerprint density at radius 3 is 2.69 bits per heavy atom. The first-order chi connectivity index (χ1) is 6.16. The molecule has 0 spiro atoms. The minimum absolute atomic E-state index is 0.00677. The molecule has 2 N–H and O–H groups in total. The van der Waals surface area contributed by atoms with Crippen LogP contribution in [0.3, 0.4) is 0 Å². The average molecular weight is 184 g/mol. The molecule has 0 saturated heterocycles. The smallest absolute Gasteiger partial charge is 0.132 e. The number of aromatic hydroxyl groups is 1. The van der Waals surface area contributed by atoms with E-state index in [-0.39, 0.29) is 18.2 Å². The fourth-order valence-corrected chi connectivity index (χ4v) is 1.22. The number of phenolic OH excluding ortho intramolecular Hbond substituents is 1. The maximum Gasteiger partial charge on any atom is 0.132 e. The fourth-order valence-electron chi connectivity index (χ4n) is 1.22. The van der Waals surface area contributed by atoms with Gasteiger partial charge in [-0.1, -0.05) is 6.07 Å². The summed E-state index contributed by atoms with van der Waals surface area (Å²) in [5, 5.41) is 17.9. The van der Waals surface area contributed by atoms with E-state index in [9.17, 15) is 9.50 Å². The molecule has 0 aliphatic heterocycles. The van der Waals surface area contributed by atoms with Crippen molar-refractivity contribution in [3.8, 4) is 5.75 Å². The molecule has 1 aromatic carbocycles. The van der Waals surface area contributed by atoms with Gasteiger partial charge in [0.25, 0.3) is 0 Å². The van der Waals surface area contributed by atoms with Gasteiger partial charge in [-0.15, -0.1) is 0 Å². The fraction of sp³-hybridized carbons (Fsp3) is 0.400. The highest BCUT2D eigenvalue weighted by molar-refractivity contribution is 5.37. The van der Waals surface area contributed by atoms with Gasteiger partial charge >= 0.3 is 0 Å². The number of benzene rings is 1. The van der Waals surface area contributed by atoms with Crippen LogP contribution >= 0.6 is 0 Å². The summed E-state index contributed by atoms with van der Waals surface area (Å²) in [6.07, 6.45) is 0.837. The Balaban J connectivity index is 2.96. The Kier molecular flexibility index (Phi) is 3.25. The van der Waals surface area contributed by atoms with Gasteiger partial charge in [0.15, 0.2) is 0 Å². The van der Waals surface area contributed by atoms with Gasteiger partial charge in [-0.05, 0) is 31.4 Å². The summed E-state index contributed by atoms with van der Waals surface area (Å²) in [4.78, 5) is 0. The highest BCUT2D eigenvalue weighted by Crippen LogP contribution is 2.23. The third-order valence-electron chi connectivity index (χ3n) is 2.00. The molecule has 0 atom stereocenters. The molecule has 0 unspecified atom stereocenters. The summed E-state index contributed by atoms with van der Waals surface area (Å²) in [6, 6.07) is 3.01. The maximum absolute atomic E-state index is 13.3. The van der Waals surface area contributed by atoms with Crippen LogP contribution in [0.1, 0.15) is 17.5 Å². The maximum atomic E-state index is 13.3. The van der Waals surface area contributed by atoms with Gasteiger partial charge in [-0.25, -0.2) is 4.39 Å². The van der Waals surface area contributed by atoms with Crippen LogP contribution in [0.15, 0.2) is 12.1 Å². The molecule has 0 amide bonds. The number of aliphatic hydroxyl groups is 1. The van der Waals surface area contributed by atoms with Crippen LogP contribution in [-0.4, -0.2) is 16.8 Å². The quantitative estimate of drug-likeness (QED) is 0.751. The van der Waals surface area contributed by atoms with Crippen molar-refractivity contribution in [3.63, 3.8) is 0 Å². The van der Waals surface area contributed by atoms with E-state index in [0.717, 1.165) is 0 Å². The number of rotatable bonds is 3. The molecule has 1 rings (SSSR count). The highest BCUT2D eigenvalue weighted by Gasteiger charge is 2.09. The molecule has 0 radical (unpaired) electrons. The SMILES string of the molecule is Cc1ccc(O)c(CCCO)c1F. The van der Waals surface area contributed by atoms with E-state index in [1.807, 2.05) is 0 Å². The van der Waals surface area contributed by atoms with E-state index >= 15 is 0 Å². The van der Waals surface area contributed by atoms with Crippen molar-refractivity contribution in [2.75, 3.05) is 6.61 Å². The number of aliphatic hydroxyl groups excluding tert-OH is 1. The van der Waals surface area contributed by atoms with E-state index in [0.29, 0.717) is 24.0 Å². The number of aryl methyl sites for hydroxylation is 1. The minimum Gasteiger partial charge on any atom is -0.508 e. The Bertz CT molecular complexity index is 297. The van der Waals surface area contributed by atoms with Gasteiger partial charge < -0.3 is 10.2 Å². The molecule has 1 aromatic rings. The lowest BCUT2D eigenvalue weighted by atomic mass is 10.0. The van der Waals surface area contributed by atoms with Crippen LogP contribution < -0.4 is 0 Å². The van der Waals surface area contributed by atoms with Crippen molar-refractivity contribution in [3.05, 3.63) is 29.1 Å². The lowest BCUT2D eigenvalue weighted by Gasteiger charge is -2.06.